The Morgan fingerprint density at radius 1 is 1.63 bits per heavy atom. The van der Waals surface area contributed by atoms with E-state index in [2.05, 4.69) is 10.3 Å². The highest BCUT2D eigenvalue weighted by molar-refractivity contribution is 7.07. The Bertz CT molecular complexity index is 463. The second-order valence-corrected chi connectivity index (χ2v) is 5.75. The topological polar surface area (TPSA) is 82.5 Å². The van der Waals surface area contributed by atoms with Gasteiger partial charge in [-0.05, 0) is 19.8 Å². The molecule has 19 heavy (non-hydrogen) atoms. The summed E-state index contributed by atoms with van der Waals surface area (Å²) in [6.07, 6.45) is 1.32. The van der Waals surface area contributed by atoms with Crippen LogP contribution in [0.3, 0.4) is 0 Å². The number of aromatic nitrogens is 1. The Labute approximate surface area is 115 Å². The van der Waals surface area contributed by atoms with Gasteiger partial charge in [0, 0.05) is 18.5 Å². The number of thiazole rings is 1. The summed E-state index contributed by atoms with van der Waals surface area (Å²) in [5.41, 5.74) is 1.69. The summed E-state index contributed by atoms with van der Waals surface area (Å²) in [5.74, 6) is -0.843. The van der Waals surface area contributed by atoms with E-state index in [1.807, 2.05) is 5.38 Å². The number of carboxylic acids is 1. The highest BCUT2D eigenvalue weighted by Gasteiger charge is 2.39. The Morgan fingerprint density at radius 2 is 2.42 bits per heavy atom. The van der Waals surface area contributed by atoms with Crippen molar-refractivity contribution in [1.82, 2.24) is 15.2 Å². The van der Waals surface area contributed by atoms with Crippen molar-refractivity contribution in [3.8, 4) is 0 Å². The molecule has 1 saturated heterocycles. The zero-order valence-electron chi connectivity index (χ0n) is 10.8. The van der Waals surface area contributed by atoms with Crippen molar-refractivity contribution < 1.29 is 14.7 Å². The molecule has 2 amide bonds. The summed E-state index contributed by atoms with van der Waals surface area (Å²) in [6, 6.07) is -0.222. The molecule has 7 heteroatoms. The number of aliphatic carboxylic acids is 1. The van der Waals surface area contributed by atoms with Gasteiger partial charge in [0.15, 0.2) is 0 Å². The van der Waals surface area contributed by atoms with Gasteiger partial charge in [-0.15, -0.1) is 11.3 Å². The van der Waals surface area contributed by atoms with Gasteiger partial charge in [-0.25, -0.2) is 9.78 Å². The van der Waals surface area contributed by atoms with Crippen LogP contribution in [-0.4, -0.2) is 40.1 Å². The third-order valence-corrected chi connectivity index (χ3v) is 4.04. The number of urea groups is 1. The van der Waals surface area contributed by atoms with Crippen LogP contribution in [0.15, 0.2) is 10.9 Å². The first kappa shape index (κ1) is 13.8. The minimum absolute atomic E-state index is 0.222. The summed E-state index contributed by atoms with van der Waals surface area (Å²) < 4.78 is 0. The van der Waals surface area contributed by atoms with E-state index >= 15 is 0 Å². The van der Waals surface area contributed by atoms with Gasteiger partial charge in [0.05, 0.1) is 23.2 Å². The minimum Gasteiger partial charge on any atom is -0.481 e. The van der Waals surface area contributed by atoms with Crippen LogP contribution in [0.2, 0.25) is 0 Å². The molecule has 2 N–H and O–H groups in total. The van der Waals surface area contributed by atoms with Crippen molar-refractivity contribution in [3.05, 3.63) is 16.6 Å². The van der Waals surface area contributed by atoms with Crippen LogP contribution in [0.4, 0.5) is 4.79 Å². The number of likely N-dealkylation sites (tertiary alicyclic amines) is 1. The number of carboxylic acid groups (broad SMARTS) is 1. The molecule has 6 nitrogen and oxygen atoms in total. The molecule has 0 bridgehead atoms. The molecule has 1 atom stereocenters. The molecule has 1 fully saturated rings. The van der Waals surface area contributed by atoms with E-state index in [1.165, 1.54) is 11.3 Å². The number of nitrogens with one attached hydrogen (secondary N) is 1. The van der Waals surface area contributed by atoms with E-state index in [0.29, 0.717) is 25.9 Å². The molecule has 0 saturated carbocycles. The van der Waals surface area contributed by atoms with Gasteiger partial charge >= 0.3 is 12.0 Å². The van der Waals surface area contributed by atoms with Crippen molar-refractivity contribution in [1.29, 1.82) is 0 Å². The smallest absolute Gasteiger partial charge is 0.317 e. The van der Waals surface area contributed by atoms with Crippen LogP contribution in [0.5, 0.6) is 0 Å². The molecule has 1 aromatic heterocycles. The van der Waals surface area contributed by atoms with Crippen LogP contribution < -0.4 is 5.32 Å². The molecule has 2 heterocycles. The maximum Gasteiger partial charge on any atom is 0.317 e. The van der Waals surface area contributed by atoms with E-state index in [4.69, 9.17) is 0 Å². The van der Waals surface area contributed by atoms with Crippen molar-refractivity contribution >= 4 is 23.3 Å². The van der Waals surface area contributed by atoms with Gasteiger partial charge < -0.3 is 15.3 Å². The standard InChI is InChI=1S/C12H17N3O3S/c1-12(10(16)17)3-2-4-15(7-12)11(18)13-5-9-6-19-8-14-9/h6,8H,2-5,7H2,1H3,(H,13,18)(H,16,17). The quantitative estimate of drug-likeness (QED) is 0.881. The molecule has 0 aromatic carbocycles. The van der Waals surface area contributed by atoms with Crippen molar-refractivity contribution in [3.63, 3.8) is 0 Å². The Kier molecular flexibility index (Phi) is 4.04. The second-order valence-electron chi connectivity index (χ2n) is 5.03. The zero-order chi connectivity index (χ0) is 13.9. The van der Waals surface area contributed by atoms with E-state index in [9.17, 15) is 14.7 Å². The van der Waals surface area contributed by atoms with Gasteiger partial charge in [-0.1, -0.05) is 0 Å². The first-order valence-corrected chi connectivity index (χ1v) is 7.09. The van der Waals surface area contributed by atoms with Crippen LogP contribution in [0, 0.1) is 5.41 Å². The molecule has 1 unspecified atom stereocenters. The molecule has 0 aliphatic carbocycles. The lowest BCUT2D eigenvalue weighted by atomic mass is 9.82. The lowest BCUT2D eigenvalue weighted by molar-refractivity contribution is -0.150. The molecule has 1 aromatic rings. The summed E-state index contributed by atoms with van der Waals surface area (Å²) in [6.45, 7) is 2.93. The molecular formula is C12H17N3O3S. The Balaban J connectivity index is 1.90. The molecule has 2 rings (SSSR count). The highest BCUT2D eigenvalue weighted by atomic mass is 32.1. The van der Waals surface area contributed by atoms with Gasteiger partial charge in [-0.2, -0.15) is 0 Å². The highest BCUT2D eigenvalue weighted by Crippen LogP contribution is 2.29. The second kappa shape index (κ2) is 5.56. The van der Waals surface area contributed by atoms with E-state index in [0.717, 1.165) is 5.69 Å². The van der Waals surface area contributed by atoms with Gasteiger partial charge in [0.25, 0.3) is 0 Å². The maximum atomic E-state index is 12.0. The fourth-order valence-electron chi connectivity index (χ4n) is 2.19. The summed E-state index contributed by atoms with van der Waals surface area (Å²) in [4.78, 5) is 28.9. The predicted octanol–water partition coefficient (Wildman–Crippen LogP) is 1.54. The first-order valence-electron chi connectivity index (χ1n) is 6.14. The van der Waals surface area contributed by atoms with Crippen LogP contribution in [-0.2, 0) is 11.3 Å². The van der Waals surface area contributed by atoms with E-state index in [-0.39, 0.29) is 12.6 Å². The average Bonchev–Trinajstić information content (AvgIpc) is 2.89. The van der Waals surface area contributed by atoms with Crippen molar-refractivity contribution in [2.24, 2.45) is 5.41 Å². The number of carbonyl (C=O) groups excluding carboxylic acids is 1. The number of amides is 2. The van der Waals surface area contributed by atoms with Crippen molar-refractivity contribution in [2.45, 2.75) is 26.3 Å². The van der Waals surface area contributed by atoms with Gasteiger partial charge in [0.2, 0.25) is 0 Å². The molecular weight excluding hydrogens is 266 g/mol. The third-order valence-electron chi connectivity index (χ3n) is 3.40. The number of piperidine rings is 1. The van der Waals surface area contributed by atoms with E-state index < -0.39 is 11.4 Å². The minimum atomic E-state index is -0.843. The lowest BCUT2D eigenvalue weighted by Crippen LogP contribution is -2.51. The monoisotopic (exact) mass is 283 g/mol. The third kappa shape index (κ3) is 3.23. The number of hydrogen-bond donors (Lipinski definition) is 2. The molecule has 1 aliphatic rings. The molecule has 104 valence electrons. The van der Waals surface area contributed by atoms with Crippen LogP contribution in [0.1, 0.15) is 25.5 Å². The Morgan fingerprint density at radius 3 is 3.05 bits per heavy atom. The zero-order valence-corrected chi connectivity index (χ0v) is 11.6. The largest absolute Gasteiger partial charge is 0.481 e. The van der Waals surface area contributed by atoms with E-state index in [1.54, 1.807) is 17.3 Å². The molecule has 1 aliphatic heterocycles. The fraction of sp³-hybridized carbons (Fsp3) is 0.583. The summed E-state index contributed by atoms with van der Waals surface area (Å²) in [5, 5.41) is 13.9. The van der Waals surface area contributed by atoms with Crippen LogP contribution >= 0.6 is 11.3 Å². The normalized spacial score (nSPS) is 23.1. The summed E-state index contributed by atoms with van der Waals surface area (Å²) in [7, 11) is 0. The number of hydrogen-bond acceptors (Lipinski definition) is 4. The Hall–Kier alpha value is -1.63. The SMILES string of the molecule is CC1(C(=O)O)CCCN(C(=O)NCc2cscn2)C1. The predicted molar refractivity (Wildman–Crippen MR) is 70.9 cm³/mol. The fourth-order valence-corrected chi connectivity index (χ4v) is 2.75. The number of rotatable bonds is 3. The molecule has 0 radical (unpaired) electrons. The lowest BCUT2D eigenvalue weighted by Gasteiger charge is -2.37. The van der Waals surface area contributed by atoms with Crippen LogP contribution in [0.25, 0.3) is 0 Å². The summed E-state index contributed by atoms with van der Waals surface area (Å²) >= 11 is 1.48. The average molecular weight is 283 g/mol. The number of carbonyl (C=O) groups is 2. The van der Waals surface area contributed by atoms with Crippen molar-refractivity contribution in [2.75, 3.05) is 13.1 Å². The van der Waals surface area contributed by atoms with Gasteiger partial charge in [-0.3, -0.25) is 4.79 Å². The number of nitrogens with zero attached hydrogens (tertiary/aromatic N) is 2. The van der Waals surface area contributed by atoms with Gasteiger partial charge in [0.1, 0.15) is 0 Å². The maximum absolute atomic E-state index is 12.0. The first-order chi connectivity index (χ1) is 9.01. The molecule has 0 spiro atoms.